The highest BCUT2D eigenvalue weighted by atomic mass is 16.3. The van der Waals surface area contributed by atoms with Crippen LogP contribution in [0.15, 0.2) is 78.9 Å². The zero-order chi connectivity index (χ0) is 24.4. The minimum atomic E-state index is -1.86. The molecule has 180 valence electrons. The van der Waals surface area contributed by atoms with E-state index in [4.69, 9.17) is 0 Å². The molecular formula is C29H31N3O3. The van der Waals surface area contributed by atoms with Gasteiger partial charge >= 0.3 is 0 Å². The van der Waals surface area contributed by atoms with Crippen LogP contribution in [0.3, 0.4) is 0 Å². The molecule has 6 heteroatoms. The Balaban J connectivity index is 1.31. The fourth-order valence-electron chi connectivity index (χ4n) is 5.06. The molecule has 0 aliphatic carbocycles. The Morgan fingerprint density at radius 3 is 2.23 bits per heavy atom. The lowest BCUT2D eigenvalue weighted by atomic mass is 9.88. The zero-order valence-electron chi connectivity index (χ0n) is 20.1. The molecule has 0 radical (unpaired) electrons. The van der Waals surface area contributed by atoms with Gasteiger partial charge in [0.15, 0.2) is 11.4 Å². The number of carbonyl (C=O) groups excluding carboxylic acids is 2. The number of hydrogen-bond acceptors (Lipinski definition) is 5. The van der Waals surface area contributed by atoms with Crippen molar-refractivity contribution in [1.82, 2.24) is 4.90 Å². The van der Waals surface area contributed by atoms with E-state index in [1.807, 2.05) is 42.5 Å². The van der Waals surface area contributed by atoms with E-state index in [9.17, 15) is 14.7 Å². The Labute approximate surface area is 206 Å². The molecule has 5 rings (SSSR count). The largest absolute Gasteiger partial charge is 0.375 e. The number of para-hydroxylation sites is 2. The Kier molecular flexibility index (Phi) is 6.41. The van der Waals surface area contributed by atoms with E-state index in [1.54, 1.807) is 29.2 Å². The van der Waals surface area contributed by atoms with Gasteiger partial charge in [-0.2, -0.15) is 0 Å². The van der Waals surface area contributed by atoms with Gasteiger partial charge in [-0.3, -0.25) is 19.4 Å². The zero-order valence-corrected chi connectivity index (χ0v) is 20.1. The maximum atomic E-state index is 13.6. The SMILES string of the molecule is CCc1ccc(C(=O)CC2(O)C(=O)N(CN3CCN(c4ccccc4)CC3)c3ccccc32)cc1. The lowest BCUT2D eigenvalue weighted by Crippen LogP contribution is -2.52. The molecule has 6 nitrogen and oxygen atoms in total. The molecule has 1 atom stereocenters. The van der Waals surface area contributed by atoms with Crippen LogP contribution in [-0.2, 0) is 16.8 Å². The molecular weight excluding hydrogens is 438 g/mol. The number of benzene rings is 3. The van der Waals surface area contributed by atoms with Gasteiger partial charge in [-0.05, 0) is 30.2 Å². The van der Waals surface area contributed by atoms with Crippen molar-refractivity contribution in [2.75, 3.05) is 42.6 Å². The smallest absolute Gasteiger partial charge is 0.265 e. The Morgan fingerprint density at radius 2 is 1.54 bits per heavy atom. The number of aryl methyl sites for hydroxylation is 1. The number of amides is 1. The first-order valence-corrected chi connectivity index (χ1v) is 12.3. The molecule has 1 fully saturated rings. The van der Waals surface area contributed by atoms with E-state index in [0.29, 0.717) is 23.5 Å². The maximum Gasteiger partial charge on any atom is 0.265 e. The second kappa shape index (κ2) is 9.64. The number of rotatable bonds is 7. The molecule has 2 heterocycles. The number of aliphatic hydroxyl groups is 1. The van der Waals surface area contributed by atoms with Gasteiger partial charge in [-0.25, -0.2) is 0 Å². The fraction of sp³-hybridized carbons (Fsp3) is 0.310. The van der Waals surface area contributed by atoms with E-state index in [0.717, 1.165) is 38.2 Å². The molecule has 0 saturated carbocycles. The number of anilines is 2. The van der Waals surface area contributed by atoms with Crippen LogP contribution in [-0.4, -0.2) is 54.5 Å². The molecule has 1 N–H and O–H groups in total. The van der Waals surface area contributed by atoms with Gasteiger partial charge in [0.25, 0.3) is 5.91 Å². The van der Waals surface area contributed by atoms with Crippen molar-refractivity contribution in [2.45, 2.75) is 25.4 Å². The van der Waals surface area contributed by atoms with Crippen molar-refractivity contribution in [3.05, 3.63) is 95.6 Å². The molecule has 2 aliphatic heterocycles. The third-order valence-corrected chi connectivity index (χ3v) is 7.17. The summed E-state index contributed by atoms with van der Waals surface area (Å²) in [5.41, 5.74) is 2.18. The normalized spacial score (nSPS) is 20.2. The number of carbonyl (C=O) groups is 2. The standard InChI is InChI=1S/C29H31N3O3/c1-2-22-12-14-23(15-13-22)27(33)20-29(35)25-10-6-7-11-26(25)32(28(29)34)21-30-16-18-31(19-17-30)24-8-4-3-5-9-24/h3-15,35H,2,16-21H2,1H3. The number of hydrogen-bond donors (Lipinski definition) is 1. The van der Waals surface area contributed by atoms with Crippen LogP contribution in [0.4, 0.5) is 11.4 Å². The van der Waals surface area contributed by atoms with Crippen molar-refractivity contribution < 1.29 is 14.7 Å². The number of fused-ring (bicyclic) bond motifs is 1. The predicted octanol–water partition coefficient (Wildman–Crippen LogP) is 3.84. The summed E-state index contributed by atoms with van der Waals surface area (Å²) in [7, 11) is 0. The Bertz CT molecular complexity index is 1200. The maximum absolute atomic E-state index is 13.6. The lowest BCUT2D eigenvalue weighted by molar-refractivity contribution is -0.136. The van der Waals surface area contributed by atoms with E-state index in [-0.39, 0.29) is 12.2 Å². The third kappa shape index (κ3) is 4.47. The Morgan fingerprint density at radius 1 is 0.886 bits per heavy atom. The summed E-state index contributed by atoms with van der Waals surface area (Å²) in [6.45, 7) is 5.79. The number of ketones is 1. The lowest BCUT2D eigenvalue weighted by Gasteiger charge is -2.38. The summed E-state index contributed by atoms with van der Waals surface area (Å²) in [5.74, 6) is -0.667. The van der Waals surface area contributed by atoms with Gasteiger partial charge in [-0.1, -0.05) is 67.6 Å². The Hall–Kier alpha value is -3.48. The van der Waals surface area contributed by atoms with Crippen molar-refractivity contribution in [3.8, 4) is 0 Å². The van der Waals surface area contributed by atoms with Gasteiger partial charge in [0.2, 0.25) is 0 Å². The van der Waals surface area contributed by atoms with Gasteiger partial charge in [0.05, 0.1) is 18.8 Å². The van der Waals surface area contributed by atoms with Crippen LogP contribution in [0.25, 0.3) is 0 Å². The summed E-state index contributed by atoms with van der Waals surface area (Å²) in [4.78, 5) is 32.9. The van der Waals surface area contributed by atoms with Crippen LogP contribution in [0.5, 0.6) is 0 Å². The van der Waals surface area contributed by atoms with E-state index in [1.165, 1.54) is 5.69 Å². The van der Waals surface area contributed by atoms with Crippen LogP contribution in [0.1, 0.15) is 34.8 Å². The van der Waals surface area contributed by atoms with Crippen molar-refractivity contribution in [1.29, 1.82) is 0 Å². The van der Waals surface area contributed by atoms with Gasteiger partial charge in [0.1, 0.15) is 0 Å². The van der Waals surface area contributed by atoms with Crippen LogP contribution in [0, 0.1) is 0 Å². The first kappa shape index (κ1) is 23.3. The molecule has 3 aromatic carbocycles. The molecule has 35 heavy (non-hydrogen) atoms. The average molecular weight is 470 g/mol. The molecule has 0 bridgehead atoms. The average Bonchev–Trinajstić information content (AvgIpc) is 3.11. The highest BCUT2D eigenvalue weighted by molar-refractivity contribution is 6.10. The summed E-state index contributed by atoms with van der Waals surface area (Å²) < 4.78 is 0. The van der Waals surface area contributed by atoms with Gasteiger partial charge in [-0.15, -0.1) is 0 Å². The molecule has 1 amide bonds. The molecule has 2 aliphatic rings. The van der Waals surface area contributed by atoms with Crippen LogP contribution >= 0.6 is 0 Å². The van der Waals surface area contributed by atoms with E-state index < -0.39 is 11.5 Å². The summed E-state index contributed by atoms with van der Waals surface area (Å²) >= 11 is 0. The minimum absolute atomic E-state index is 0.239. The monoisotopic (exact) mass is 469 g/mol. The number of Topliss-reactive ketones (excluding diaryl/α,β-unsaturated/α-hetero) is 1. The summed E-state index contributed by atoms with van der Waals surface area (Å²) in [6, 6.07) is 25.0. The summed E-state index contributed by atoms with van der Waals surface area (Å²) in [5, 5.41) is 11.6. The first-order chi connectivity index (χ1) is 17.0. The number of nitrogens with zero attached hydrogens (tertiary/aromatic N) is 3. The quantitative estimate of drug-likeness (QED) is 0.533. The second-order valence-corrected chi connectivity index (χ2v) is 9.34. The van der Waals surface area contributed by atoms with Crippen LogP contribution in [0.2, 0.25) is 0 Å². The van der Waals surface area contributed by atoms with E-state index in [2.05, 4.69) is 28.9 Å². The molecule has 3 aromatic rings. The predicted molar refractivity (Wildman–Crippen MR) is 138 cm³/mol. The summed E-state index contributed by atoms with van der Waals surface area (Å²) in [6.07, 6.45) is 0.617. The highest BCUT2D eigenvalue weighted by Crippen LogP contribution is 2.43. The minimum Gasteiger partial charge on any atom is -0.375 e. The van der Waals surface area contributed by atoms with Gasteiger partial charge in [0, 0.05) is 43.0 Å². The molecule has 0 spiro atoms. The molecule has 1 unspecified atom stereocenters. The number of piperazine rings is 1. The van der Waals surface area contributed by atoms with Crippen molar-refractivity contribution in [2.24, 2.45) is 0 Å². The fourth-order valence-corrected chi connectivity index (χ4v) is 5.06. The highest BCUT2D eigenvalue weighted by Gasteiger charge is 2.51. The first-order valence-electron chi connectivity index (χ1n) is 12.3. The van der Waals surface area contributed by atoms with Crippen molar-refractivity contribution in [3.63, 3.8) is 0 Å². The van der Waals surface area contributed by atoms with Crippen LogP contribution < -0.4 is 9.80 Å². The second-order valence-electron chi connectivity index (χ2n) is 9.34. The molecule has 1 saturated heterocycles. The van der Waals surface area contributed by atoms with E-state index >= 15 is 0 Å². The topological polar surface area (TPSA) is 64.1 Å². The van der Waals surface area contributed by atoms with Gasteiger partial charge < -0.3 is 10.0 Å². The van der Waals surface area contributed by atoms with Crippen molar-refractivity contribution >= 4 is 23.1 Å². The molecule has 0 aromatic heterocycles. The third-order valence-electron chi connectivity index (χ3n) is 7.17.